The number of hydrogen-bond acceptors (Lipinski definition) is 3. The second kappa shape index (κ2) is 2.76. The van der Waals surface area contributed by atoms with Crippen LogP contribution in [0, 0.1) is 0 Å². The Balaban J connectivity index is 2.30. The fourth-order valence-electron chi connectivity index (χ4n) is 1.91. The van der Waals surface area contributed by atoms with E-state index < -0.39 is 0 Å². The molecular formula is C10H9N3OS. The molecule has 1 unspecified atom stereocenters. The molecule has 2 N–H and O–H groups in total. The van der Waals surface area contributed by atoms with E-state index >= 15 is 0 Å². The van der Waals surface area contributed by atoms with Crippen LogP contribution in [0.2, 0.25) is 0 Å². The van der Waals surface area contributed by atoms with Gasteiger partial charge in [-0.3, -0.25) is 4.79 Å². The van der Waals surface area contributed by atoms with Gasteiger partial charge in [0.05, 0.1) is 17.0 Å². The molecule has 1 aromatic heterocycles. The van der Waals surface area contributed by atoms with E-state index in [0.29, 0.717) is 5.16 Å². The SMILES string of the molecule is CC1C(=O)Nc2cc3[nH]c(S)nc3cc21. The lowest BCUT2D eigenvalue weighted by Gasteiger charge is -1.99. The number of fused-ring (bicyclic) bond motifs is 2. The Labute approximate surface area is 91.5 Å². The van der Waals surface area contributed by atoms with Crippen LogP contribution in [-0.4, -0.2) is 15.9 Å². The number of carbonyl (C=O) groups is 1. The van der Waals surface area contributed by atoms with Crippen molar-refractivity contribution in [2.45, 2.75) is 18.0 Å². The maximum atomic E-state index is 11.4. The number of imidazole rings is 1. The number of aromatic amines is 1. The smallest absolute Gasteiger partial charge is 0.231 e. The van der Waals surface area contributed by atoms with Crippen molar-refractivity contribution < 1.29 is 4.79 Å². The lowest BCUT2D eigenvalue weighted by atomic mass is 10.0. The van der Waals surface area contributed by atoms with Gasteiger partial charge in [-0.1, -0.05) is 0 Å². The average molecular weight is 219 g/mol. The topological polar surface area (TPSA) is 57.8 Å². The van der Waals surface area contributed by atoms with Crippen molar-refractivity contribution >= 4 is 35.3 Å². The van der Waals surface area contributed by atoms with E-state index in [9.17, 15) is 4.79 Å². The van der Waals surface area contributed by atoms with Gasteiger partial charge in [0, 0.05) is 5.69 Å². The molecule has 1 aromatic carbocycles. The van der Waals surface area contributed by atoms with Crippen LogP contribution in [0.1, 0.15) is 18.4 Å². The maximum absolute atomic E-state index is 11.4. The molecule has 0 saturated heterocycles. The first-order chi connectivity index (χ1) is 7.15. The number of aromatic nitrogens is 2. The van der Waals surface area contributed by atoms with E-state index in [1.165, 1.54) is 0 Å². The minimum Gasteiger partial charge on any atom is -0.333 e. The van der Waals surface area contributed by atoms with Gasteiger partial charge in [-0.15, -0.1) is 12.6 Å². The Hall–Kier alpha value is -1.49. The number of rotatable bonds is 0. The second-order valence-electron chi connectivity index (χ2n) is 3.73. The maximum Gasteiger partial charge on any atom is 0.231 e. The summed E-state index contributed by atoms with van der Waals surface area (Å²) in [5.41, 5.74) is 3.62. The predicted octanol–water partition coefficient (Wildman–Crippen LogP) is 1.91. The van der Waals surface area contributed by atoms with E-state index in [2.05, 4.69) is 27.9 Å². The zero-order chi connectivity index (χ0) is 10.6. The van der Waals surface area contributed by atoms with Gasteiger partial charge in [0.2, 0.25) is 5.91 Å². The minimum absolute atomic E-state index is 0.0451. The number of anilines is 1. The second-order valence-corrected chi connectivity index (χ2v) is 4.15. The molecule has 0 radical (unpaired) electrons. The van der Waals surface area contributed by atoms with Crippen molar-refractivity contribution in [3.63, 3.8) is 0 Å². The third-order valence-electron chi connectivity index (χ3n) is 2.76. The van der Waals surface area contributed by atoms with Crippen molar-refractivity contribution in [2.24, 2.45) is 0 Å². The summed E-state index contributed by atoms with van der Waals surface area (Å²) >= 11 is 4.14. The largest absolute Gasteiger partial charge is 0.333 e. The highest BCUT2D eigenvalue weighted by molar-refractivity contribution is 7.80. The molecule has 2 heterocycles. The molecule has 4 nitrogen and oxygen atoms in total. The lowest BCUT2D eigenvalue weighted by Crippen LogP contribution is -2.08. The molecule has 0 saturated carbocycles. The van der Waals surface area contributed by atoms with Crippen LogP contribution in [0.15, 0.2) is 17.3 Å². The molecule has 76 valence electrons. The Kier molecular flexibility index (Phi) is 1.62. The quantitative estimate of drug-likeness (QED) is 0.593. The fraction of sp³-hybridized carbons (Fsp3) is 0.200. The number of amides is 1. The van der Waals surface area contributed by atoms with Crippen molar-refractivity contribution in [3.05, 3.63) is 17.7 Å². The molecule has 0 aliphatic carbocycles. The van der Waals surface area contributed by atoms with E-state index in [1.54, 1.807) is 0 Å². The first-order valence-electron chi connectivity index (χ1n) is 4.68. The summed E-state index contributed by atoms with van der Waals surface area (Å²) in [6.45, 7) is 1.89. The Morgan fingerprint density at radius 1 is 1.47 bits per heavy atom. The van der Waals surface area contributed by atoms with Crippen molar-refractivity contribution in [3.8, 4) is 0 Å². The van der Waals surface area contributed by atoms with Gasteiger partial charge < -0.3 is 10.3 Å². The first kappa shape index (κ1) is 8.79. The van der Waals surface area contributed by atoms with Gasteiger partial charge >= 0.3 is 0 Å². The van der Waals surface area contributed by atoms with Gasteiger partial charge in [0.15, 0.2) is 5.16 Å². The predicted molar refractivity (Wildman–Crippen MR) is 60.4 cm³/mol. The summed E-state index contributed by atoms with van der Waals surface area (Å²) in [4.78, 5) is 18.7. The molecule has 1 atom stereocenters. The number of H-pyrrole nitrogens is 1. The number of nitrogens with zero attached hydrogens (tertiary/aromatic N) is 1. The molecule has 1 aliphatic heterocycles. The summed E-state index contributed by atoms with van der Waals surface area (Å²) < 4.78 is 0. The lowest BCUT2D eigenvalue weighted by molar-refractivity contribution is -0.116. The Morgan fingerprint density at radius 3 is 3.07 bits per heavy atom. The van der Waals surface area contributed by atoms with Crippen molar-refractivity contribution in [1.82, 2.24) is 9.97 Å². The summed E-state index contributed by atoms with van der Waals surface area (Å²) in [5, 5.41) is 3.43. The molecule has 0 spiro atoms. The zero-order valence-corrected chi connectivity index (χ0v) is 8.93. The van der Waals surface area contributed by atoms with Gasteiger partial charge in [0.1, 0.15) is 0 Å². The molecular weight excluding hydrogens is 210 g/mol. The van der Waals surface area contributed by atoms with E-state index in [1.807, 2.05) is 19.1 Å². The van der Waals surface area contributed by atoms with E-state index in [-0.39, 0.29) is 11.8 Å². The molecule has 3 rings (SSSR count). The summed E-state index contributed by atoms with van der Waals surface area (Å²) in [6, 6.07) is 3.84. The van der Waals surface area contributed by atoms with Crippen LogP contribution in [0.3, 0.4) is 0 Å². The fourth-order valence-corrected chi connectivity index (χ4v) is 2.14. The molecule has 2 aromatic rings. The van der Waals surface area contributed by atoms with Crippen LogP contribution in [0.4, 0.5) is 5.69 Å². The highest BCUT2D eigenvalue weighted by atomic mass is 32.1. The van der Waals surface area contributed by atoms with E-state index in [4.69, 9.17) is 0 Å². The summed E-state index contributed by atoms with van der Waals surface area (Å²) in [5.74, 6) is -0.0479. The van der Waals surface area contributed by atoms with Gasteiger partial charge in [-0.2, -0.15) is 0 Å². The van der Waals surface area contributed by atoms with E-state index in [0.717, 1.165) is 22.3 Å². The third-order valence-corrected chi connectivity index (χ3v) is 2.97. The third kappa shape index (κ3) is 1.16. The number of hydrogen-bond donors (Lipinski definition) is 3. The van der Waals surface area contributed by atoms with Crippen LogP contribution in [-0.2, 0) is 4.79 Å². The van der Waals surface area contributed by atoms with Crippen molar-refractivity contribution in [2.75, 3.05) is 5.32 Å². The minimum atomic E-state index is -0.0931. The zero-order valence-electron chi connectivity index (χ0n) is 8.03. The van der Waals surface area contributed by atoms with Crippen LogP contribution < -0.4 is 5.32 Å². The highest BCUT2D eigenvalue weighted by Crippen LogP contribution is 2.34. The van der Waals surface area contributed by atoms with Crippen LogP contribution >= 0.6 is 12.6 Å². The van der Waals surface area contributed by atoms with Gasteiger partial charge in [-0.25, -0.2) is 4.98 Å². The molecule has 5 heteroatoms. The van der Waals surface area contributed by atoms with Crippen molar-refractivity contribution in [1.29, 1.82) is 0 Å². The molecule has 1 amide bonds. The number of thiol groups is 1. The molecule has 1 aliphatic rings. The first-order valence-corrected chi connectivity index (χ1v) is 5.13. The van der Waals surface area contributed by atoms with Gasteiger partial charge in [0.25, 0.3) is 0 Å². The van der Waals surface area contributed by atoms with Crippen LogP contribution in [0.25, 0.3) is 11.0 Å². The summed E-state index contributed by atoms with van der Waals surface area (Å²) in [7, 11) is 0. The average Bonchev–Trinajstić information content (AvgIpc) is 2.65. The Morgan fingerprint density at radius 2 is 2.27 bits per heavy atom. The normalized spacial score (nSPS) is 19.3. The number of nitrogens with one attached hydrogen (secondary N) is 2. The molecule has 15 heavy (non-hydrogen) atoms. The van der Waals surface area contributed by atoms with Gasteiger partial charge in [-0.05, 0) is 24.6 Å². The number of carbonyl (C=O) groups excluding carboxylic acids is 1. The monoisotopic (exact) mass is 219 g/mol. The highest BCUT2D eigenvalue weighted by Gasteiger charge is 2.27. The summed E-state index contributed by atoms with van der Waals surface area (Å²) in [6.07, 6.45) is 0. The standard InChI is InChI=1S/C10H9N3OS/c1-4-5-2-7-8(13-10(15)12-7)3-6(5)11-9(4)14/h2-4H,1H3,(H,11,14)(H2,12,13,15). The molecule has 0 bridgehead atoms. The number of benzene rings is 1. The molecule has 0 fully saturated rings. The van der Waals surface area contributed by atoms with Crippen LogP contribution in [0.5, 0.6) is 0 Å². The Bertz CT molecular complexity index is 575.